The number of esters is 1. The van der Waals surface area contributed by atoms with Crippen LogP contribution in [-0.4, -0.2) is 30.3 Å². The quantitative estimate of drug-likeness (QED) is 0.329. The molecule has 0 radical (unpaired) electrons. The molecule has 1 heterocycles. The van der Waals surface area contributed by atoms with Gasteiger partial charge < -0.3 is 15.0 Å². The topological polar surface area (TPSA) is 75.7 Å². The molecule has 0 atom stereocenters. The van der Waals surface area contributed by atoms with Crippen molar-refractivity contribution < 1.29 is 19.1 Å². The fourth-order valence-corrected chi connectivity index (χ4v) is 3.92. The highest BCUT2D eigenvalue weighted by Crippen LogP contribution is 2.28. The minimum absolute atomic E-state index is 0.0523. The van der Waals surface area contributed by atoms with Gasteiger partial charge in [-0.1, -0.05) is 24.3 Å². The highest BCUT2D eigenvalue weighted by molar-refractivity contribution is 7.12. The average molecular weight is 451 g/mol. The van der Waals surface area contributed by atoms with Crippen LogP contribution in [0.1, 0.15) is 36.4 Å². The number of carbonyl (C=O) groups is 3. The maximum absolute atomic E-state index is 12.1. The zero-order valence-corrected chi connectivity index (χ0v) is 18.9. The van der Waals surface area contributed by atoms with Crippen LogP contribution in [-0.2, 0) is 14.3 Å². The number of carbonyl (C=O) groups excluding carboxylic acids is 3. The molecule has 1 aromatic heterocycles. The first kappa shape index (κ1) is 23.2. The van der Waals surface area contributed by atoms with Crippen LogP contribution in [0.4, 0.5) is 17.1 Å². The smallest absolute Gasteiger partial charge is 0.306 e. The van der Waals surface area contributed by atoms with Crippen LogP contribution in [0.25, 0.3) is 0 Å². The van der Waals surface area contributed by atoms with E-state index in [4.69, 9.17) is 4.74 Å². The number of nitrogens with zero attached hydrogens (tertiary/aromatic N) is 1. The van der Waals surface area contributed by atoms with E-state index in [0.717, 1.165) is 11.4 Å². The number of amides is 1. The van der Waals surface area contributed by atoms with Gasteiger partial charge in [-0.3, -0.25) is 14.4 Å². The summed E-state index contributed by atoms with van der Waals surface area (Å²) in [5, 5.41) is 4.53. The van der Waals surface area contributed by atoms with Gasteiger partial charge in [-0.2, -0.15) is 0 Å². The molecule has 0 spiro atoms. The van der Waals surface area contributed by atoms with E-state index in [1.165, 1.54) is 11.3 Å². The van der Waals surface area contributed by atoms with Gasteiger partial charge in [0.2, 0.25) is 0 Å². The van der Waals surface area contributed by atoms with Crippen molar-refractivity contribution in [1.29, 1.82) is 0 Å². The Bertz CT molecular complexity index is 1030. The van der Waals surface area contributed by atoms with E-state index in [0.29, 0.717) is 10.6 Å². The second kappa shape index (κ2) is 11.2. The lowest BCUT2D eigenvalue weighted by Crippen LogP contribution is -2.25. The van der Waals surface area contributed by atoms with Crippen molar-refractivity contribution in [3.05, 3.63) is 77.0 Å². The summed E-state index contributed by atoms with van der Waals surface area (Å²) < 4.78 is 4.99. The summed E-state index contributed by atoms with van der Waals surface area (Å²) in [5.41, 5.74) is 2.70. The van der Waals surface area contributed by atoms with Crippen molar-refractivity contribution >= 4 is 46.1 Å². The molecular weight excluding hydrogens is 424 g/mol. The standard InChI is InChI=1S/C25H26N2O4S/c1-18(2)27(20-7-4-3-5-8-20)21-12-10-19(11-13-21)26-24(29)17-31-25(30)15-14-22(28)23-9-6-16-32-23/h3-13,16,18H,14-15,17H2,1-2H3,(H,26,29). The lowest BCUT2D eigenvalue weighted by atomic mass is 10.2. The highest BCUT2D eigenvalue weighted by Gasteiger charge is 2.14. The van der Waals surface area contributed by atoms with E-state index < -0.39 is 18.5 Å². The van der Waals surface area contributed by atoms with E-state index in [1.807, 2.05) is 47.8 Å². The summed E-state index contributed by atoms with van der Waals surface area (Å²) in [7, 11) is 0. The van der Waals surface area contributed by atoms with E-state index in [1.54, 1.807) is 12.1 Å². The van der Waals surface area contributed by atoms with Crippen LogP contribution in [0.15, 0.2) is 72.1 Å². The van der Waals surface area contributed by atoms with Crippen molar-refractivity contribution in [2.45, 2.75) is 32.7 Å². The summed E-state index contributed by atoms with van der Waals surface area (Å²) in [6, 6.07) is 21.3. The van der Waals surface area contributed by atoms with E-state index in [2.05, 4.69) is 36.2 Å². The van der Waals surface area contributed by atoms with Gasteiger partial charge in [0, 0.05) is 29.5 Å². The molecule has 0 aliphatic heterocycles. The Balaban J connectivity index is 1.48. The average Bonchev–Trinajstić information content (AvgIpc) is 3.33. The number of hydrogen-bond donors (Lipinski definition) is 1. The van der Waals surface area contributed by atoms with Crippen molar-refractivity contribution in [3.8, 4) is 0 Å². The SMILES string of the molecule is CC(C)N(c1ccccc1)c1ccc(NC(=O)COC(=O)CCC(=O)c2cccs2)cc1. The molecule has 6 nitrogen and oxygen atoms in total. The van der Waals surface area contributed by atoms with Crippen LogP contribution in [0.3, 0.4) is 0 Å². The summed E-state index contributed by atoms with van der Waals surface area (Å²) in [6.07, 6.45) is 0.0133. The molecule has 2 aromatic carbocycles. The van der Waals surface area contributed by atoms with Crippen LogP contribution < -0.4 is 10.2 Å². The Kier molecular flexibility index (Phi) is 8.16. The van der Waals surface area contributed by atoms with E-state index in [9.17, 15) is 14.4 Å². The normalized spacial score (nSPS) is 10.6. The van der Waals surface area contributed by atoms with Gasteiger partial charge in [0.25, 0.3) is 5.91 Å². The summed E-state index contributed by atoms with van der Waals surface area (Å²) in [6.45, 7) is 3.84. The highest BCUT2D eigenvalue weighted by atomic mass is 32.1. The van der Waals surface area contributed by atoms with Gasteiger partial charge in [-0.15, -0.1) is 11.3 Å². The first-order valence-electron chi connectivity index (χ1n) is 10.4. The first-order valence-corrected chi connectivity index (χ1v) is 11.3. The lowest BCUT2D eigenvalue weighted by molar-refractivity contribution is -0.147. The number of benzene rings is 2. The number of para-hydroxylation sites is 1. The number of ether oxygens (including phenoxy) is 1. The molecule has 0 saturated heterocycles. The van der Waals surface area contributed by atoms with Crippen LogP contribution in [0.5, 0.6) is 0 Å². The summed E-state index contributed by atoms with van der Waals surface area (Å²) >= 11 is 1.34. The third-order valence-corrected chi connectivity index (χ3v) is 5.61. The predicted molar refractivity (Wildman–Crippen MR) is 128 cm³/mol. The number of rotatable bonds is 10. The van der Waals surface area contributed by atoms with Crippen LogP contribution in [0, 0.1) is 0 Å². The van der Waals surface area contributed by atoms with E-state index in [-0.39, 0.29) is 24.7 Å². The third-order valence-electron chi connectivity index (χ3n) is 4.70. The number of ketones is 1. The maximum Gasteiger partial charge on any atom is 0.306 e. The lowest BCUT2D eigenvalue weighted by Gasteiger charge is -2.29. The number of Topliss-reactive ketones (excluding diaryl/α,β-unsaturated/α-hetero) is 1. The molecule has 0 saturated carbocycles. The molecule has 0 bridgehead atoms. The Morgan fingerprint density at radius 2 is 1.59 bits per heavy atom. The molecule has 32 heavy (non-hydrogen) atoms. The molecule has 7 heteroatoms. The number of hydrogen-bond acceptors (Lipinski definition) is 6. The fraction of sp³-hybridized carbons (Fsp3) is 0.240. The minimum atomic E-state index is -0.573. The Labute approximate surface area is 191 Å². The molecule has 1 N–H and O–H groups in total. The van der Waals surface area contributed by atoms with Crippen LogP contribution >= 0.6 is 11.3 Å². The van der Waals surface area contributed by atoms with Gasteiger partial charge >= 0.3 is 5.97 Å². The predicted octanol–water partition coefficient (Wildman–Crippen LogP) is 5.44. The Hall–Kier alpha value is -3.45. The number of anilines is 3. The Morgan fingerprint density at radius 1 is 0.906 bits per heavy atom. The molecule has 0 aliphatic rings. The Morgan fingerprint density at radius 3 is 2.22 bits per heavy atom. The van der Waals surface area contributed by atoms with Crippen LogP contribution in [0.2, 0.25) is 0 Å². The van der Waals surface area contributed by atoms with Gasteiger partial charge in [-0.05, 0) is 61.7 Å². The molecule has 0 unspecified atom stereocenters. The minimum Gasteiger partial charge on any atom is -0.456 e. The van der Waals surface area contributed by atoms with Crippen molar-refractivity contribution in [3.63, 3.8) is 0 Å². The second-order valence-electron chi connectivity index (χ2n) is 7.46. The zero-order chi connectivity index (χ0) is 22.9. The van der Waals surface area contributed by atoms with Crippen molar-refractivity contribution in [2.75, 3.05) is 16.8 Å². The van der Waals surface area contributed by atoms with Gasteiger partial charge in [0.05, 0.1) is 11.3 Å². The van der Waals surface area contributed by atoms with E-state index >= 15 is 0 Å². The molecule has 0 fully saturated rings. The van der Waals surface area contributed by atoms with Gasteiger partial charge in [0.15, 0.2) is 12.4 Å². The molecule has 3 aromatic rings. The third kappa shape index (κ3) is 6.52. The number of nitrogens with one attached hydrogen (secondary N) is 1. The molecule has 3 rings (SSSR count). The number of thiophene rings is 1. The molecule has 0 aliphatic carbocycles. The largest absolute Gasteiger partial charge is 0.456 e. The zero-order valence-electron chi connectivity index (χ0n) is 18.1. The van der Waals surface area contributed by atoms with Crippen molar-refractivity contribution in [1.82, 2.24) is 0 Å². The van der Waals surface area contributed by atoms with Gasteiger partial charge in [0.1, 0.15) is 0 Å². The van der Waals surface area contributed by atoms with Crippen molar-refractivity contribution in [2.24, 2.45) is 0 Å². The summed E-state index contributed by atoms with van der Waals surface area (Å²) in [4.78, 5) is 38.7. The molecule has 1 amide bonds. The van der Waals surface area contributed by atoms with Gasteiger partial charge in [-0.25, -0.2) is 0 Å². The maximum atomic E-state index is 12.1. The fourth-order valence-electron chi connectivity index (χ4n) is 3.23. The second-order valence-corrected chi connectivity index (χ2v) is 8.40. The summed E-state index contributed by atoms with van der Waals surface area (Å²) in [5.74, 6) is -1.11. The molecular formula is C25H26N2O4S. The monoisotopic (exact) mass is 450 g/mol. The first-order chi connectivity index (χ1) is 15.4. The molecule has 166 valence electrons.